The number of allylic oxidation sites excluding steroid dienone is 1. The summed E-state index contributed by atoms with van der Waals surface area (Å²) in [6.07, 6.45) is 3.28. The molecule has 0 spiro atoms. The molecule has 0 saturated carbocycles. The summed E-state index contributed by atoms with van der Waals surface area (Å²) < 4.78 is 11.1. The third-order valence-electron chi connectivity index (χ3n) is 2.99. The fourth-order valence-electron chi connectivity index (χ4n) is 1.89. The minimum atomic E-state index is -0.0794. The number of para-hydroxylation sites is 1. The average Bonchev–Trinajstić information content (AvgIpc) is 2.52. The normalized spacial score (nSPS) is 10.6. The molecule has 0 fully saturated rings. The van der Waals surface area contributed by atoms with Gasteiger partial charge < -0.3 is 9.47 Å². The van der Waals surface area contributed by atoms with E-state index in [9.17, 15) is 4.79 Å². The number of carbonyl (C=O) groups is 1. The highest BCUT2D eigenvalue weighted by atomic mass is 79.9. The number of ether oxygens (including phenoxy) is 2. The molecule has 3 nitrogen and oxygen atoms in total. The Kier molecular flexibility index (Phi) is 5.17. The molecule has 0 amide bonds. The Morgan fingerprint density at radius 1 is 1.05 bits per heavy atom. The van der Waals surface area contributed by atoms with Gasteiger partial charge in [0.2, 0.25) is 0 Å². The van der Waals surface area contributed by atoms with E-state index in [-0.39, 0.29) is 5.78 Å². The van der Waals surface area contributed by atoms with Crippen molar-refractivity contribution in [3.8, 4) is 11.5 Å². The number of benzene rings is 2. The van der Waals surface area contributed by atoms with E-state index in [1.54, 1.807) is 38.5 Å². The van der Waals surface area contributed by atoms with Crippen molar-refractivity contribution < 1.29 is 14.3 Å². The van der Waals surface area contributed by atoms with E-state index in [0.29, 0.717) is 11.3 Å². The minimum absolute atomic E-state index is 0.0794. The molecule has 108 valence electrons. The van der Waals surface area contributed by atoms with E-state index in [1.165, 1.54) is 6.08 Å². The predicted molar refractivity (Wildman–Crippen MR) is 87.1 cm³/mol. The number of methoxy groups -OCH3 is 2. The smallest absolute Gasteiger partial charge is 0.185 e. The van der Waals surface area contributed by atoms with E-state index in [4.69, 9.17) is 9.47 Å². The van der Waals surface area contributed by atoms with Crippen molar-refractivity contribution in [3.63, 3.8) is 0 Å². The maximum atomic E-state index is 12.2. The molecule has 21 heavy (non-hydrogen) atoms. The minimum Gasteiger partial charge on any atom is -0.496 e. The van der Waals surface area contributed by atoms with Crippen LogP contribution in [-0.4, -0.2) is 20.0 Å². The zero-order valence-electron chi connectivity index (χ0n) is 11.8. The summed E-state index contributed by atoms with van der Waals surface area (Å²) in [4.78, 5) is 12.2. The van der Waals surface area contributed by atoms with Crippen LogP contribution in [0.25, 0.3) is 6.08 Å². The van der Waals surface area contributed by atoms with Gasteiger partial charge in [0, 0.05) is 11.1 Å². The van der Waals surface area contributed by atoms with Gasteiger partial charge in [0.05, 0.1) is 18.7 Å². The van der Waals surface area contributed by atoms with Crippen molar-refractivity contribution in [2.24, 2.45) is 0 Å². The second-order valence-electron chi connectivity index (χ2n) is 4.29. The zero-order chi connectivity index (χ0) is 15.2. The Hall–Kier alpha value is -2.07. The Balaban J connectivity index is 2.21. The number of halogens is 1. The third kappa shape index (κ3) is 3.73. The number of hydrogen-bond donors (Lipinski definition) is 0. The molecule has 0 heterocycles. The molecule has 0 radical (unpaired) electrons. The first-order valence-corrected chi connectivity index (χ1v) is 7.14. The van der Waals surface area contributed by atoms with Gasteiger partial charge in [0.25, 0.3) is 0 Å². The molecule has 2 aromatic rings. The van der Waals surface area contributed by atoms with Crippen LogP contribution in [-0.2, 0) is 0 Å². The molecule has 0 bridgehead atoms. The molecule has 0 aliphatic carbocycles. The van der Waals surface area contributed by atoms with Crippen molar-refractivity contribution >= 4 is 27.8 Å². The van der Waals surface area contributed by atoms with Gasteiger partial charge in [0.15, 0.2) is 5.78 Å². The maximum absolute atomic E-state index is 12.2. The van der Waals surface area contributed by atoms with Crippen molar-refractivity contribution in [2.45, 2.75) is 0 Å². The lowest BCUT2D eigenvalue weighted by molar-refractivity contribution is 0.104. The van der Waals surface area contributed by atoms with Crippen LogP contribution >= 0.6 is 15.9 Å². The highest BCUT2D eigenvalue weighted by Gasteiger charge is 2.06. The first-order chi connectivity index (χ1) is 10.2. The van der Waals surface area contributed by atoms with Gasteiger partial charge >= 0.3 is 0 Å². The topological polar surface area (TPSA) is 35.5 Å². The van der Waals surface area contributed by atoms with Crippen LogP contribution in [0, 0.1) is 0 Å². The molecule has 0 unspecified atom stereocenters. The van der Waals surface area contributed by atoms with Crippen molar-refractivity contribution in [3.05, 3.63) is 64.1 Å². The molecule has 2 rings (SSSR count). The van der Waals surface area contributed by atoms with Gasteiger partial charge in [-0.15, -0.1) is 0 Å². The Morgan fingerprint density at radius 3 is 2.43 bits per heavy atom. The Labute approximate surface area is 132 Å². The largest absolute Gasteiger partial charge is 0.496 e. The number of hydrogen-bond acceptors (Lipinski definition) is 3. The van der Waals surface area contributed by atoms with Gasteiger partial charge in [-0.25, -0.2) is 0 Å². The number of ketones is 1. The second kappa shape index (κ2) is 7.09. The fourth-order valence-corrected chi connectivity index (χ4v) is 2.43. The molecule has 2 aromatic carbocycles. The molecule has 0 saturated heterocycles. The van der Waals surface area contributed by atoms with E-state index in [2.05, 4.69) is 15.9 Å². The monoisotopic (exact) mass is 346 g/mol. The number of rotatable bonds is 5. The fraction of sp³-hybridized carbons (Fsp3) is 0.118. The first kappa shape index (κ1) is 15.3. The van der Waals surface area contributed by atoms with Crippen molar-refractivity contribution in [2.75, 3.05) is 14.2 Å². The second-order valence-corrected chi connectivity index (χ2v) is 5.14. The SMILES string of the molecule is COc1ccc(C(=O)/C=C/c2ccccc2OC)cc1Br. The summed E-state index contributed by atoms with van der Waals surface area (Å²) in [6, 6.07) is 12.8. The maximum Gasteiger partial charge on any atom is 0.185 e. The molecule has 0 aliphatic heterocycles. The lowest BCUT2D eigenvalue weighted by Crippen LogP contribution is -1.95. The quantitative estimate of drug-likeness (QED) is 0.595. The van der Waals surface area contributed by atoms with E-state index in [0.717, 1.165) is 15.8 Å². The highest BCUT2D eigenvalue weighted by molar-refractivity contribution is 9.10. The predicted octanol–water partition coefficient (Wildman–Crippen LogP) is 4.36. The summed E-state index contributed by atoms with van der Waals surface area (Å²) >= 11 is 3.37. The summed E-state index contributed by atoms with van der Waals surface area (Å²) in [6.45, 7) is 0. The van der Waals surface area contributed by atoms with Crippen LogP contribution in [0.4, 0.5) is 0 Å². The van der Waals surface area contributed by atoms with Crippen LogP contribution in [0.2, 0.25) is 0 Å². The van der Waals surface area contributed by atoms with Gasteiger partial charge in [-0.2, -0.15) is 0 Å². The number of carbonyl (C=O) groups excluding carboxylic acids is 1. The van der Waals surface area contributed by atoms with Gasteiger partial charge in [-0.05, 0) is 52.3 Å². The summed E-state index contributed by atoms with van der Waals surface area (Å²) in [5, 5.41) is 0. The Morgan fingerprint density at radius 2 is 1.76 bits per heavy atom. The molecule has 0 aliphatic rings. The van der Waals surface area contributed by atoms with Crippen molar-refractivity contribution in [1.29, 1.82) is 0 Å². The molecular formula is C17H15BrO3. The summed E-state index contributed by atoms with van der Waals surface area (Å²) in [5.41, 5.74) is 1.45. The standard InChI is InChI=1S/C17H15BrO3/c1-20-16-6-4-3-5-12(16)7-9-15(19)13-8-10-17(21-2)14(18)11-13/h3-11H,1-2H3/b9-7+. The van der Waals surface area contributed by atoms with Crippen LogP contribution in [0.3, 0.4) is 0 Å². The molecular weight excluding hydrogens is 332 g/mol. The third-order valence-corrected chi connectivity index (χ3v) is 3.61. The first-order valence-electron chi connectivity index (χ1n) is 6.34. The molecule has 0 aromatic heterocycles. The molecule has 0 atom stereocenters. The van der Waals surface area contributed by atoms with E-state index < -0.39 is 0 Å². The van der Waals surface area contributed by atoms with Gasteiger partial charge in [0.1, 0.15) is 11.5 Å². The van der Waals surface area contributed by atoms with Crippen LogP contribution in [0.1, 0.15) is 15.9 Å². The lowest BCUT2D eigenvalue weighted by Gasteiger charge is -2.05. The highest BCUT2D eigenvalue weighted by Crippen LogP contribution is 2.26. The molecule has 0 N–H and O–H groups in total. The van der Waals surface area contributed by atoms with Gasteiger partial charge in [-0.3, -0.25) is 4.79 Å². The summed E-state index contributed by atoms with van der Waals surface area (Å²) in [7, 11) is 3.19. The van der Waals surface area contributed by atoms with E-state index in [1.807, 2.05) is 24.3 Å². The van der Waals surface area contributed by atoms with E-state index >= 15 is 0 Å². The molecule has 4 heteroatoms. The van der Waals surface area contributed by atoms with Crippen molar-refractivity contribution in [1.82, 2.24) is 0 Å². The Bertz CT molecular complexity index is 677. The lowest BCUT2D eigenvalue weighted by atomic mass is 10.1. The summed E-state index contributed by atoms with van der Waals surface area (Å²) in [5.74, 6) is 1.35. The van der Waals surface area contributed by atoms with Gasteiger partial charge in [-0.1, -0.05) is 18.2 Å². The van der Waals surface area contributed by atoms with Crippen LogP contribution < -0.4 is 9.47 Å². The van der Waals surface area contributed by atoms with Crippen LogP contribution in [0.5, 0.6) is 11.5 Å². The average molecular weight is 347 g/mol. The zero-order valence-corrected chi connectivity index (χ0v) is 13.4. The van der Waals surface area contributed by atoms with Crippen LogP contribution in [0.15, 0.2) is 53.0 Å².